The number of carboxylic acid groups (broad SMARTS) is 1. The van der Waals surface area contributed by atoms with E-state index in [4.69, 9.17) is 14.6 Å². The molecule has 0 radical (unpaired) electrons. The van der Waals surface area contributed by atoms with Crippen molar-refractivity contribution in [2.75, 3.05) is 6.61 Å². The Morgan fingerprint density at radius 2 is 1.90 bits per heavy atom. The second-order valence-corrected chi connectivity index (χ2v) is 8.14. The van der Waals surface area contributed by atoms with Crippen molar-refractivity contribution in [2.45, 2.75) is 38.2 Å². The minimum atomic E-state index is -0.802. The summed E-state index contributed by atoms with van der Waals surface area (Å²) in [5.41, 5.74) is 7.44. The first-order chi connectivity index (χ1) is 14.6. The number of hydrogen-bond donors (Lipinski definition) is 1. The highest BCUT2D eigenvalue weighted by atomic mass is 16.5. The first-order valence-electron chi connectivity index (χ1n) is 10.4. The van der Waals surface area contributed by atoms with Crippen LogP contribution in [0.25, 0.3) is 11.1 Å². The Kier molecular flexibility index (Phi) is 4.70. The van der Waals surface area contributed by atoms with Crippen molar-refractivity contribution in [1.82, 2.24) is 0 Å². The number of ether oxygens (including phenoxy) is 2. The number of aliphatic carboxylic acids is 1. The van der Waals surface area contributed by atoms with Crippen LogP contribution >= 0.6 is 0 Å². The molecule has 30 heavy (non-hydrogen) atoms. The van der Waals surface area contributed by atoms with Crippen LogP contribution in [0.15, 0.2) is 60.7 Å². The SMILES string of the molecule is Cc1ccccc1-c1cccc2c1CC[C@H]2Oc1ccc2c(c1)OCC2CC(=O)O. The molecule has 0 fully saturated rings. The van der Waals surface area contributed by atoms with Gasteiger partial charge in [-0.15, -0.1) is 0 Å². The lowest BCUT2D eigenvalue weighted by Crippen LogP contribution is -2.07. The third-order valence-corrected chi connectivity index (χ3v) is 6.22. The van der Waals surface area contributed by atoms with Gasteiger partial charge in [-0.1, -0.05) is 48.5 Å². The number of benzene rings is 3. The maximum absolute atomic E-state index is 11.0. The zero-order valence-corrected chi connectivity index (χ0v) is 16.9. The summed E-state index contributed by atoms with van der Waals surface area (Å²) in [5.74, 6) is 0.619. The lowest BCUT2D eigenvalue weighted by Gasteiger charge is -2.17. The van der Waals surface area contributed by atoms with E-state index in [0.717, 1.165) is 29.9 Å². The van der Waals surface area contributed by atoms with Crippen molar-refractivity contribution >= 4 is 5.97 Å². The van der Waals surface area contributed by atoms with Crippen LogP contribution in [0, 0.1) is 6.92 Å². The lowest BCUT2D eigenvalue weighted by molar-refractivity contribution is -0.137. The molecule has 0 aromatic heterocycles. The summed E-state index contributed by atoms with van der Waals surface area (Å²) < 4.78 is 12.1. The van der Waals surface area contributed by atoms with Gasteiger partial charge in [0.2, 0.25) is 0 Å². The van der Waals surface area contributed by atoms with Crippen LogP contribution in [-0.4, -0.2) is 17.7 Å². The second kappa shape index (κ2) is 7.52. The highest BCUT2D eigenvalue weighted by Crippen LogP contribution is 2.43. The van der Waals surface area contributed by atoms with Gasteiger partial charge in [-0.05, 0) is 53.6 Å². The van der Waals surface area contributed by atoms with Crippen molar-refractivity contribution in [3.63, 3.8) is 0 Å². The van der Waals surface area contributed by atoms with Crippen LogP contribution in [0.2, 0.25) is 0 Å². The summed E-state index contributed by atoms with van der Waals surface area (Å²) in [5, 5.41) is 9.08. The zero-order valence-electron chi connectivity index (χ0n) is 16.9. The van der Waals surface area contributed by atoms with E-state index < -0.39 is 5.97 Å². The van der Waals surface area contributed by atoms with Gasteiger partial charge >= 0.3 is 5.97 Å². The Hall–Kier alpha value is -3.27. The molecule has 2 aliphatic rings. The Bertz CT molecular complexity index is 1120. The van der Waals surface area contributed by atoms with Crippen LogP contribution in [0.5, 0.6) is 11.5 Å². The van der Waals surface area contributed by atoms with Gasteiger partial charge in [0.1, 0.15) is 17.6 Å². The molecule has 5 rings (SSSR count). The standard InChI is InChI=1S/C26H24O4/c1-16-5-2-3-6-19(16)21-7-4-8-23-22(21)11-12-24(23)30-18-9-10-20-17(13-26(27)28)15-29-25(20)14-18/h2-10,14,17,24H,11-13,15H2,1H3,(H,27,28)/t17?,24-/m1/s1. The molecule has 1 N–H and O–H groups in total. The molecule has 1 heterocycles. The number of rotatable bonds is 5. The summed E-state index contributed by atoms with van der Waals surface area (Å²) in [7, 11) is 0. The Morgan fingerprint density at radius 1 is 1.07 bits per heavy atom. The molecular formula is C26H24O4. The molecule has 0 spiro atoms. The van der Waals surface area contributed by atoms with E-state index in [2.05, 4.69) is 49.4 Å². The molecule has 1 unspecified atom stereocenters. The number of fused-ring (bicyclic) bond motifs is 2. The van der Waals surface area contributed by atoms with Gasteiger partial charge in [0.25, 0.3) is 0 Å². The predicted octanol–water partition coefficient (Wildman–Crippen LogP) is 5.68. The molecule has 1 aliphatic carbocycles. The minimum absolute atomic E-state index is 0.0123. The summed E-state index contributed by atoms with van der Waals surface area (Å²) in [6.45, 7) is 2.57. The fraction of sp³-hybridized carbons (Fsp3) is 0.269. The molecule has 3 aromatic carbocycles. The molecule has 0 saturated carbocycles. The van der Waals surface area contributed by atoms with Crippen molar-refractivity contribution in [3.8, 4) is 22.6 Å². The van der Waals surface area contributed by atoms with E-state index in [-0.39, 0.29) is 18.4 Å². The van der Waals surface area contributed by atoms with Gasteiger partial charge in [-0.3, -0.25) is 4.79 Å². The normalized spacial score (nSPS) is 19.1. The largest absolute Gasteiger partial charge is 0.492 e. The molecule has 152 valence electrons. The van der Waals surface area contributed by atoms with Crippen molar-refractivity contribution in [2.24, 2.45) is 0 Å². The van der Waals surface area contributed by atoms with E-state index in [1.807, 2.05) is 18.2 Å². The molecule has 4 nitrogen and oxygen atoms in total. The lowest BCUT2D eigenvalue weighted by atomic mass is 9.94. The maximum Gasteiger partial charge on any atom is 0.304 e. The fourth-order valence-electron chi connectivity index (χ4n) is 4.74. The summed E-state index contributed by atoms with van der Waals surface area (Å²) in [6.07, 6.45) is 2.04. The average Bonchev–Trinajstić information content (AvgIpc) is 3.32. The first kappa shape index (κ1) is 18.7. The average molecular weight is 400 g/mol. The number of carboxylic acids is 1. The second-order valence-electron chi connectivity index (χ2n) is 8.14. The van der Waals surface area contributed by atoms with Crippen LogP contribution < -0.4 is 9.47 Å². The molecule has 3 aromatic rings. The van der Waals surface area contributed by atoms with Gasteiger partial charge in [-0.25, -0.2) is 0 Å². The highest BCUT2D eigenvalue weighted by Gasteiger charge is 2.29. The van der Waals surface area contributed by atoms with Gasteiger partial charge in [0, 0.05) is 17.5 Å². The van der Waals surface area contributed by atoms with Crippen LogP contribution in [0.1, 0.15) is 47.1 Å². The molecule has 0 saturated heterocycles. The molecular weight excluding hydrogens is 376 g/mol. The topological polar surface area (TPSA) is 55.8 Å². The Labute approximate surface area is 176 Å². The monoisotopic (exact) mass is 400 g/mol. The predicted molar refractivity (Wildman–Crippen MR) is 115 cm³/mol. The van der Waals surface area contributed by atoms with E-state index in [1.165, 1.54) is 27.8 Å². The van der Waals surface area contributed by atoms with Crippen molar-refractivity contribution in [1.29, 1.82) is 0 Å². The van der Waals surface area contributed by atoms with Gasteiger partial charge in [0.05, 0.1) is 13.0 Å². The third-order valence-electron chi connectivity index (χ3n) is 6.22. The fourth-order valence-corrected chi connectivity index (χ4v) is 4.74. The van der Waals surface area contributed by atoms with Gasteiger partial charge in [0.15, 0.2) is 0 Å². The van der Waals surface area contributed by atoms with Crippen molar-refractivity contribution < 1.29 is 19.4 Å². The highest BCUT2D eigenvalue weighted by molar-refractivity contribution is 5.72. The summed E-state index contributed by atoms with van der Waals surface area (Å²) in [6, 6.07) is 20.8. The molecule has 0 amide bonds. The Morgan fingerprint density at radius 3 is 2.73 bits per heavy atom. The third kappa shape index (κ3) is 3.32. The van der Waals surface area contributed by atoms with Crippen LogP contribution in [0.3, 0.4) is 0 Å². The van der Waals surface area contributed by atoms with E-state index >= 15 is 0 Å². The number of aryl methyl sites for hydroxylation is 1. The number of hydrogen-bond acceptors (Lipinski definition) is 3. The van der Waals surface area contributed by atoms with E-state index in [9.17, 15) is 4.79 Å². The van der Waals surface area contributed by atoms with Crippen molar-refractivity contribution in [3.05, 3.63) is 82.9 Å². The minimum Gasteiger partial charge on any atom is -0.492 e. The van der Waals surface area contributed by atoms with E-state index in [1.54, 1.807) is 0 Å². The summed E-state index contributed by atoms with van der Waals surface area (Å²) >= 11 is 0. The van der Waals surface area contributed by atoms with Gasteiger partial charge in [-0.2, -0.15) is 0 Å². The number of carbonyl (C=O) groups is 1. The first-order valence-corrected chi connectivity index (χ1v) is 10.4. The van der Waals surface area contributed by atoms with E-state index in [0.29, 0.717) is 6.61 Å². The quantitative estimate of drug-likeness (QED) is 0.599. The summed E-state index contributed by atoms with van der Waals surface area (Å²) in [4.78, 5) is 11.0. The zero-order chi connectivity index (χ0) is 20.7. The van der Waals surface area contributed by atoms with Crippen LogP contribution in [0.4, 0.5) is 0 Å². The molecule has 1 aliphatic heterocycles. The van der Waals surface area contributed by atoms with Crippen LogP contribution in [-0.2, 0) is 11.2 Å². The van der Waals surface area contributed by atoms with Gasteiger partial charge < -0.3 is 14.6 Å². The maximum atomic E-state index is 11.0. The molecule has 0 bridgehead atoms. The molecule has 2 atom stereocenters. The Balaban J connectivity index is 1.40. The smallest absolute Gasteiger partial charge is 0.304 e. The molecule has 4 heteroatoms.